The predicted octanol–water partition coefficient (Wildman–Crippen LogP) is 0.669. The zero-order valence-electron chi connectivity index (χ0n) is 6.06. The number of rotatable bonds is 2. The molecule has 64 valence electrons. The molecule has 0 fully saturated rings. The van der Waals surface area contributed by atoms with Gasteiger partial charge in [0.15, 0.2) is 0 Å². The predicted molar refractivity (Wildman–Crippen MR) is 51.7 cm³/mol. The van der Waals surface area contributed by atoms with Gasteiger partial charge in [0.05, 0.1) is 0 Å². The molecule has 0 aliphatic rings. The molecule has 2 N–H and O–H groups in total. The molecule has 1 aromatic rings. The van der Waals surface area contributed by atoms with Crippen LogP contribution in [0.2, 0.25) is 0 Å². The van der Waals surface area contributed by atoms with E-state index in [1.54, 1.807) is 12.1 Å². The van der Waals surface area contributed by atoms with Crippen LogP contribution in [0.4, 0.5) is 0 Å². The summed E-state index contributed by atoms with van der Waals surface area (Å²) in [5, 5.41) is 0. The Hall–Kier alpha value is 0.941. The van der Waals surface area contributed by atoms with Crippen molar-refractivity contribution >= 4 is 57.5 Å². The van der Waals surface area contributed by atoms with Gasteiger partial charge in [-0.25, -0.2) is 0 Å². The van der Waals surface area contributed by atoms with Gasteiger partial charge in [0.2, 0.25) is 0 Å². The first-order valence-electron chi connectivity index (χ1n) is 3.11. The van der Waals surface area contributed by atoms with Crippen molar-refractivity contribution in [1.82, 2.24) is 0 Å². The Balaban J connectivity index is 0.00000121. The van der Waals surface area contributed by atoms with E-state index in [1.165, 1.54) is 0 Å². The maximum atomic E-state index is 8.47. The van der Waals surface area contributed by atoms with Gasteiger partial charge in [-0.05, 0) is 19.1 Å². The van der Waals surface area contributed by atoms with Crippen LogP contribution in [0.15, 0.2) is 24.3 Å². The second-order valence-corrected chi connectivity index (χ2v) is 2.85. The molecule has 0 heterocycles. The molecular formula is C7H11BaO3P. The van der Waals surface area contributed by atoms with Gasteiger partial charge < -0.3 is 14.3 Å². The Labute approximate surface area is 113 Å². The van der Waals surface area contributed by atoms with Crippen LogP contribution in [0, 0.1) is 6.92 Å². The summed E-state index contributed by atoms with van der Waals surface area (Å²) in [5.41, 5.74) is 1.11. The van der Waals surface area contributed by atoms with E-state index in [-0.39, 0.29) is 48.9 Å². The van der Waals surface area contributed by atoms with Gasteiger partial charge in [-0.1, -0.05) is 17.7 Å². The number of benzene rings is 1. The van der Waals surface area contributed by atoms with Gasteiger partial charge in [0.25, 0.3) is 0 Å². The standard InChI is InChI=1S/C7H9O3P.Ba.2H/c1-6-2-4-7(5-3-6)10-11(8)9;;;/h2-5,8-9H,1H3;;;. The first-order valence-corrected chi connectivity index (χ1v) is 4.27. The third kappa shape index (κ3) is 4.84. The molecular weight excluding hydrogens is 300 g/mol. The van der Waals surface area contributed by atoms with E-state index in [0.717, 1.165) is 5.56 Å². The Morgan fingerprint density at radius 2 is 1.67 bits per heavy atom. The van der Waals surface area contributed by atoms with Crippen molar-refractivity contribution in [3.8, 4) is 5.75 Å². The second-order valence-electron chi connectivity index (χ2n) is 2.16. The van der Waals surface area contributed by atoms with Crippen LogP contribution >= 0.6 is 8.60 Å². The van der Waals surface area contributed by atoms with Crippen LogP contribution < -0.4 is 4.52 Å². The maximum absolute atomic E-state index is 8.47. The van der Waals surface area contributed by atoms with Crippen molar-refractivity contribution in [3.63, 3.8) is 0 Å². The van der Waals surface area contributed by atoms with E-state index in [0.29, 0.717) is 5.75 Å². The molecule has 0 aromatic heterocycles. The summed E-state index contributed by atoms with van der Waals surface area (Å²) in [5.74, 6) is 0.478. The van der Waals surface area contributed by atoms with Crippen molar-refractivity contribution in [3.05, 3.63) is 29.8 Å². The molecule has 1 aromatic carbocycles. The first kappa shape index (κ1) is 12.9. The normalized spacial score (nSPS) is 9.33. The number of hydrogen-bond acceptors (Lipinski definition) is 3. The Morgan fingerprint density at radius 1 is 1.17 bits per heavy atom. The third-order valence-corrected chi connectivity index (χ3v) is 1.58. The van der Waals surface area contributed by atoms with E-state index < -0.39 is 8.60 Å². The quantitative estimate of drug-likeness (QED) is 0.623. The molecule has 0 spiro atoms. The summed E-state index contributed by atoms with van der Waals surface area (Å²) < 4.78 is 4.65. The average Bonchev–Trinajstić information content (AvgIpc) is 1.93. The van der Waals surface area contributed by atoms with Gasteiger partial charge in [0, 0.05) is 0 Å². The van der Waals surface area contributed by atoms with E-state index in [1.807, 2.05) is 19.1 Å². The molecule has 0 saturated heterocycles. The SMILES string of the molecule is Cc1ccc(OP(O)O)cc1.[BaH2]. The topological polar surface area (TPSA) is 49.7 Å². The fourth-order valence-electron chi connectivity index (χ4n) is 0.693. The zero-order valence-corrected chi connectivity index (χ0v) is 6.95. The number of hydrogen-bond donors (Lipinski definition) is 2. The Bertz CT molecular complexity index is 225. The van der Waals surface area contributed by atoms with E-state index in [9.17, 15) is 0 Å². The molecule has 0 atom stereocenters. The Kier molecular flexibility index (Phi) is 6.91. The summed E-state index contributed by atoms with van der Waals surface area (Å²) in [6.07, 6.45) is 0. The van der Waals surface area contributed by atoms with Crippen molar-refractivity contribution in [2.24, 2.45) is 0 Å². The molecule has 3 nitrogen and oxygen atoms in total. The van der Waals surface area contributed by atoms with Gasteiger partial charge in [0.1, 0.15) is 5.75 Å². The van der Waals surface area contributed by atoms with Crippen LogP contribution in [0.1, 0.15) is 5.56 Å². The summed E-state index contributed by atoms with van der Waals surface area (Å²) >= 11 is 0. The fraction of sp³-hybridized carbons (Fsp3) is 0.143. The molecule has 0 bridgehead atoms. The molecule has 0 unspecified atom stereocenters. The minimum absolute atomic E-state index is 0. The van der Waals surface area contributed by atoms with Gasteiger partial charge in [-0.15, -0.1) is 0 Å². The molecule has 12 heavy (non-hydrogen) atoms. The minimum atomic E-state index is -2.29. The first-order chi connectivity index (χ1) is 5.18. The average molecular weight is 311 g/mol. The molecule has 5 heteroatoms. The molecule has 0 aliphatic heterocycles. The van der Waals surface area contributed by atoms with Crippen molar-refractivity contribution in [2.75, 3.05) is 0 Å². The summed E-state index contributed by atoms with van der Waals surface area (Å²) in [7, 11) is -2.29. The summed E-state index contributed by atoms with van der Waals surface area (Å²) in [6, 6.07) is 7.07. The van der Waals surface area contributed by atoms with Crippen LogP contribution in [-0.2, 0) is 0 Å². The molecule has 0 amide bonds. The van der Waals surface area contributed by atoms with Gasteiger partial charge in [-0.3, -0.25) is 0 Å². The summed E-state index contributed by atoms with van der Waals surface area (Å²) in [6.45, 7) is 1.95. The van der Waals surface area contributed by atoms with Crippen molar-refractivity contribution in [2.45, 2.75) is 6.92 Å². The molecule has 0 aliphatic carbocycles. The monoisotopic (exact) mass is 312 g/mol. The second kappa shape index (κ2) is 6.40. The van der Waals surface area contributed by atoms with Crippen LogP contribution in [0.5, 0.6) is 5.75 Å². The van der Waals surface area contributed by atoms with Crippen LogP contribution in [0.25, 0.3) is 0 Å². The van der Waals surface area contributed by atoms with Crippen LogP contribution in [-0.4, -0.2) is 58.7 Å². The van der Waals surface area contributed by atoms with E-state index >= 15 is 0 Å². The third-order valence-electron chi connectivity index (χ3n) is 1.21. The molecule has 0 saturated carbocycles. The Morgan fingerprint density at radius 3 is 2.08 bits per heavy atom. The van der Waals surface area contributed by atoms with E-state index in [2.05, 4.69) is 4.52 Å². The molecule has 1 rings (SSSR count). The van der Waals surface area contributed by atoms with Gasteiger partial charge in [-0.2, -0.15) is 0 Å². The van der Waals surface area contributed by atoms with E-state index in [4.69, 9.17) is 9.79 Å². The van der Waals surface area contributed by atoms with Gasteiger partial charge >= 0.3 is 57.5 Å². The fourth-order valence-corrected chi connectivity index (χ4v) is 1.00. The van der Waals surface area contributed by atoms with Crippen molar-refractivity contribution in [1.29, 1.82) is 0 Å². The van der Waals surface area contributed by atoms with Crippen molar-refractivity contribution < 1.29 is 14.3 Å². The zero-order chi connectivity index (χ0) is 8.27. The summed E-state index contributed by atoms with van der Waals surface area (Å²) in [4.78, 5) is 16.9. The molecule has 0 radical (unpaired) electrons. The van der Waals surface area contributed by atoms with Crippen LogP contribution in [0.3, 0.4) is 0 Å². The number of aryl methyl sites for hydroxylation is 1.